The third-order valence-corrected chi connectivity index (χ3v) is 1.24. The van der Waals surface area contributed by atoms with E-state index < -0.39 is 4.92 Å². The molecule has 62 valence electrons. The van der Waals surface area contributed by atoms with Gasteiger partial charge in [0.2, 0.25) is 0 Å². The summed E-state index contributed by atoms with van der Waals surface area (Å²) in [7, 11) is 0. The fourth-order valence-electron chi connectivity index (χ4n) is 0.714. The van der Waals surface area contributed by atoms with Gasteiger partial charge in [-0.3, -0.25) is 15.5 Å². The van der Waals surface area contributed by atoms with Crippen LogP contribution >= 0.6 is 0 Å². The summed E-state index contributed by atoms with van der Waals surface area (Å²) in [5.41, 5.74) is 0.00679. The molecule has 12 heavy (non-hydrogen) atoms. The van der Waals surface area contributed by atoms with E-state index >= 15 is 0 Å². The van der Waals surface area contributed by atoms with Gasteiger partial charge in [-0.25, -0.2) is 0 Å². The Morgan fingerprint density at radius 2 is 2.00 bits per heavy atom. The van der Waals surface area contributed by atoms with Crippen LogP contribution in [0.3, 0.4) is 0 Å². The maximum absolute atomic E-state index is 10.2. The first kappa shape index (κ1) is 8.19. The van der Waals surface area contributed by atoms with E-state index in [1.807, 2.05) is 0 Å². The van der Waals surface area contributed by atoms with Crippen molar-refractivity contribution in [3.05, 3.63) is 34.4 Å². The molecule has 0 heterocycles. The van der Waals surface area contributed by atoms with E-state index in [0.717, 1.165) is 6.40 Å². The average molecular weight is 166 g/mol. The van der Waals surface area contributed by atoms with Gasteiger partial charge in [-0.15, -0.1) is 0 Å². The Bertz CT molecular complexity index is 294. The first-order valence-corrected chi connectivity index (χ1v) is 3.14. The summed E-state index contributed by atoms with van der Waals surface area (Å²) >= 11 is 0. The minimum atomic E-state index is -0.492. The lowest BCUT2D eigenvalue weighted by Gasteiger charge is -1.96. The Labute approximate surface area is 68.2 Å². The highest BCUT2D eigenvalue weighted by Crippen LogP contribution is 2.16. The van der Waals surface area contributed by atoms with Crippen molar-refractivity contribution < 1.29 is 9.66 Å². The number of non-ortho nitro benzene ring substituents is 1. The van der Waals surface area contributed by atoms with Crippen molar-refractivity contribution in [3.8, 4) is 5.75 Å². The van der Waals surface area contributed by atoms with E-state index in [-0.39, 0.29) is 5.69 Å². The second-order valence-corrected chi connectivity index (χ2v) is 1.99. The molecule has 0 bridgehead atoms. The van der Waals surface area contributed by atoms with Crippen LogP contribution < -0.4 is 4.74 Å². The van der Waals surface area contributed by atoms with Crippen molar-refractivity contribution in [1.82, 2.24) is 0 Å². The number of nitro benzene ring substituents is 1. The lowest BCUT2D eigenvalue weighted by molar-refractivity contribution is -0.384. The highest BCUT2D eigenvalue weighted by molar-refractivity contribution is 5.49. The Hall–Kier alpha value is -1.91. The van der Waals surface area contributed by atoms with E-state index in [1.165, 1.54) is 24.3 Å². The standard InChI is InChI=1S/C7H6N2O3/c8-5-12-7-3-1-6(2-4-7)9(10)11/h1-5,8H. The SMILES string of the molecule is N=COc1ccc([N+](=O)[O-])cc1. The van der Waals surface area contributed by atoms with Gasteiger partial charge in [0, 0.05) is 12.1 Å². The summed E-state index contributed by atoms with van der Waals surface area (Å²) in [6, 6.07) is 5.50. The quantitative estimate of drug-likeness (QED) is 0.320. The highest BCUT2D eigenvalue weighted by Gasteiger charge is 2.03. The van der Waals surface area contributed by atoms with Crippen LogP contribution in [-0.2, 0) is 0 Å². The summed E-state index contributed by atoms with van der Waals surface area (Å²) < 4.78 is 4.66. The number of nitrogens with zero attached hydrogens (tertiary/aromatic N) is 1. The van der Waals surface area contributed by atoms with Gasteiger partial charge in [-0.1, -0.05) is 0 Å². The Balaban J connectivity index is 2.85. The highest BCUT2D eigenvalue weighted by atomic mass is 16.6. The molecule has 0 atom stereocenters. The van der Waals surface area contributed by atoms with E-state index in [2.05, 4.69) is 4.74 Å². The summed E-state index contributed by atoms with van der Waals surface area (Å²) in [4.78, 5) is 9.70. The van der Waals surface area contributed by atoms with Crippen LogP contribution in [0.15, 0.2) is 24.3 Å². The maximum atomic E-state index is 10.2. The van der Waals surface area contributed by atoms with E-state index in [4.69, 9.17) is 5.41 Å². The third-order valence-electron chi connectivity index (χ3n) is 1.24. The summed E-state index contributed by atoms with van der Waals surface area (Å²) in [5.74, 6) is 0.413. The van der Waals surface area contributed by atoms with Crippen LogP contribution in [0.1, 0.15) is 0 Å². The smallest absolute Gasteiger partial charge is 0.269 e. The van der Waals surface area contributed by atoms with Gasteiger partial charge in [-0.2, -0.15) is 0 Å². The van der Waals surface area contributed by atoms with Crippen LogP contribution in [0.2, 0.25) is 0 Å². The lowest BCUT2D eigenvalue weighted by Crippen LogP contribution is -1.89. The molecule has 0 aliphatic rings. The lowest BCUT2D eigenvalue weighted by atomic mass is 10.3. The van der Waals surface area contributed by atoms with Gasteiger partial charge in [0.25, 0.3) is 5.69 Å². The summed E-state index contributed by atoms with van der Waals surface area (Å²) in [6.45, 7) is 0. The van der Waals surface area contributed by atoms with Crippen molar-refractivity contribution in [2.24, 2.45) is 0 Å². The zero-order valence-corrected chi connectivity index (χ0v) is 6.06. The summed E-state index contributed by atoms with van der Waals surface area (Å²) in [6.07, 6.45) is 0.765. The van der Waals surface area contributed by atoms with E-state index in [0.29, 0.717) is 5.75 Å². The second-order valence-electron chi connectivity index (χ2n) is 1.99. The molecule has 0 aliphatic carbocycles. The Morgan fingerprint density at radius 3 is 2.42 bits per heavy atom. The second kappa shape index (κ2) is 3.47. The van der Waals surface area contributed by atoms with Crippen molar-refractivity contribution >= 4 is 12.1 Å². The Morgan fingerprint density at radius 1 is 1.42 bits per heavy atom. The number of rotatable bonds is 3. The fourth-order valence-corrected chi connectivity index (χ4v) is 0.714. The molecule has 0 radical (unpaired) electrons. The fraction of sp³-hybridized carbons (Fsp3) is 0. The molecule has 5 nitrogen and oxygen atoms in total. The van der Waals surface area contributed by atoms with Gasteiger partial charge in [-0.05, 0) is 12.1 Å². The molecule has 0 saturated carbocycles. The largest absolute Gasteiger partial charge is 0.446 e. The molecule has 1 aromatic carbocycles. The topological polar surface area (TPSA) is 76.2 Å². The molecule has 5 heteroatoms. The van der Waals surface area contributed by atoms with Gasteiger partial charge in [0.15, 0.2) is 6.40 Å². The summed E-state index contributed by atoms with van der Waals surface area (Å²) in [5, 5.41) is 16.8. The molecule has 0 aromatic heterocycles. The number of ether oxygens (including phenoxy) is 1. The van der Waals surface area contributed by atoms with Gasteiger partial charge in [0.05, 0.1) is 4.92 Å². The van der Waals surface area contributed by atoms with Crippen molar-refractivity contribution in [2.45, 2.75) is 0 Å². The average Bonchev–Trinajstić information content (AvgIpc) is 2.06. The maximum Gasteiger partial charge on any atom is 0.269 e. The zero-order chi connectivity index (χ0) is 8.97. The number of hydrogen-bond acceptors (Lipinski definition) is 4. The van der Waals surface area contributed by atoms with E-state index in [1.54, 1.807) is 0 Å². The van der Waals surface area contributed by atoms with Crippen LogP contribution in [0, 0.1) is 15.5 Å². The molecule has 0 spiro atoms. The van der Waals surface area contributed by atoms with Crippen LogP contribution in [-0.4, -0.2) is 11.3 Å². The minimum Gasteiger partial charge on any atom is -0.446 e. The molecule has 0 unspecified atom stereocenters. The number of benzene rings is 1. The normalized spacial score (nSPS) is 9.00. The molecule has 0 saturated heterocycles. The predicted molar refractivity (Wildman–Crippen MR) is 42.5 cm³/mol. The molecule has 1 N–H and O–H groups in total. The van der Waals surface area contributed by atoms with Crippen molar-refractivity contribution in [1.29, 1.82) is 5.41 Å². The predicted octanol–water partition coefficient (Wildman–Crippen LogP) is 1.58. The van der Waals surface area contributed by atoms with E-state index in [9.17, 15) is 10.1 Å². The molecular formula is C7H6N2O3. The van der Waals surface area contributed by atoms with Gasteiger partial charge < -0.3 is 4.74 Å². The molecule has 0 fully saturated rings. The monoisotopic (exact) mass is 166 g/mol. The Kier molecular flexibility index (Phi) is 2.37. The molecule has 0 aliphatic heterocycles. The van der Waals surface area contributed by atoms with Crippen molar-refractivity contribution in [3.63, 3.8) is 0 Å². The molecular weight excluding hydrogens is 160 g/mol. The third kappa shape index (κ3) is 1.79. The molecule has 1 rings (SSSR count). The zero-order valence-electron chi connectivity index (χ0n) is 6.06. The van der Waals surface area contributed by atoms with Crippen LogP contribution in [0.5, 0.6) is 5.75 Å². The minimum absolute atomic E-state index is 0.00679. The van der Waals surface area contributed by atoms with Crippen LogP contribution in [0.25, 0.3) is 0 Å². The van der Waals surface area contributed by atoms with Crippen LogP contribution in [0.4, 0.5) is 5.69 Å². The van der Waals surface area contributed by atoms with Gasteiger partial charge in [0.1, 0.15) is 5.75 Å². The molecule has 1 aromatic rings. The first-order chi connectivity index (χ1) is 5.74. The number of nitrogens with one attached hydrogen (secondary N) is 1. The van der Waals surface area contributed by atoms with Gasteiger partial charge >= 0.3 is 0 Å². The number of nitro groups is 1. The van der Waals surface area contributed by atoms with Crippen molar-refractivity contribution in [2.75, 3.05) is 0 Å². The number of hydrogen-bond donors (Lipinski definition) is 1. The molecule has 0 amide bonds. The first-order valence-electron chi connectivity index (χ1n) is 3.14.